The minimum Gasteiger partial charge on any atom is -0.486 e. The molecular weight excluding hydrogens is 464 g/mol. The van der Waals surface area contributed by atoms with Crippen molar-refractivity contribution >= 4 is 17.7 Å². The summed E-state index contributed by atoms with van der Waals surface area (Å²) in [6.07, 6.45) is -1.22. The second-order valence-electron chi connectivity index (χ2n) is 6.92. The number of nitrogens with one attached hydrogen (secondary N) is 1. The Balaban J connectivity index is 0.000000406. The molecule has 2 N–H and O–H groups in total. The van der Waals surface area contributed by atoms with Gasteiger partial charge >= 0.3 is 18.2 Å². The van der Waals surface area contributed by atoms with Crippen LogP contribution in [-0.4, -0.2) is 44.9 Å². The zero-order valence-electron chi connectivity index (χ0n) is 17.4. The minimum atomic E-state index is -5.08. The van der Waals surface area contributed by atoms with Crippen LogP contribution in [-0.2, 0) is 24.4 Å². The molecule has 0 fully saturated rings. The average Bonchev–Trinajstić information content (AvgIpc) is 3.22. The van der Waals surface area contributed by atoms with Gasteiger partial charge in [0.15, 0.2) is 0 Å². The van der Waals surface area contributed by atoms with Gasteiger partial charge in [-0.05, 0) is 36.4 Å². The Hall–Kier alpha value is -4.16. The number of ether oxygens (including phenoxy) is 1. The molecule has 0 aliphatic carbocycles. The van der Waals surface area contributed by atoms with E-state index < -0.39 is 12.1 Å². The number of rotatable bonds is 4. The Labute approximate surface area is 189 Å². The maximum absolute atomic E-state index is 13.0. The normalized spacial score (nSPS) is 12.8. The number of halogens is 4. The van der Waals surface area contributed by atoms with E-state index in [4.69, 9.17) is 19.2 Å². The number of amides is 2. The van der Waals surface area contributed by atoms with E-state index in [9.17, 15) is 22.4 Å². The fourth-order valence-electron chi connectivity index (χ4n) is 2.87. The lowest BCUT2D eigenvalue weighted by Crippen LogP contribution is -2.38. The van der Waals surface area contributed by atoms with Gasteiger partial charge in [-0.3, -0.25) is 4.98 Å². The fraction of sp³-hybridized carbons (Fsp3) is 0.238. The van der Waals surface area contributed by atoms with Crippen molar-refractivity contribution in [2.24, 2.45) is 0 Å². The number of benzene rings is 1. The topological polar surface area (TPSA) is 118 Å². The van der Waals surface area contributed by atoms with Crippen LogP contribution in [0.15, 0.2) is 53.3 Å². The van der Waals surface area contributed by atoms with E-state index in [1.54, 1.807) is 23.4 Å². The number of urea groups is 1. The summed E-state index contributed by atoms with van der Waals surface area (Å²) in [6, 6.07) is 8.99. The third-order valence-corrected chi connectivity index (χ3v) is 4.54. The SMILES string of the molecule is O=C(Nc1ccc(F)cc1)N1CCc2onc(COc3cccnc3)c2C1.O=C(O)C(F)(F)F. The van der Waals surface area contributed by atoms with E-state index in [-0.39, 0.29) is 18.5 Å². The summed E-state index contributed by atoms with van der Waals surface area (Å²) >= 11 is 0. The first-order chi connectivity index (χ1) is 16.1. The van der Waals surface area contributed by atoms with Crippen LogP contribution in [0, 0.1) is 5.82 Å². The van der Waals surface area contributed by atoms with Crippen molar-refractivity contribution in [1.29, 1.82) is 0 Å². The van der Waals surface area contributed by atoms with E-state index in [0.29, 0.717) is 36.6 Å². The number of carboxylic acid groups (broad SMARTS) is 1. The molecule has 1 aliphatic heterocycles. The zero-order valence-corrected chi connectivity index (χ0v) is 17.4. The number of carboxylic acids is 1. The highest BCUT2D eigenvalue weighted by atomic mass is 19.4. The van der Waals surface area contributed by atoms with Crippen LogP contribution in [0.25, 0.3) is 0 Å². The lowest BCUT2D eigenvalue weighted by molar-refractivity contribution is -0.192. The molecule has 13 heteroatoms. The molecule has 0 saturated heterocycles. The minimum absolute atomic E-state index is 0.234. The number of hydrogen-bond acceptors (Lipinski definition) is 6. The molecule has 9 nitrogen and oxygen atoms in total. The van der Waals surface area contributed by atoms with Gasteiger partial charge < -0.3 is 24.6 Å². The molecule has 2 amide bonds. The first-order valence-electron chi connectivity index (χ1n) is 9.74. The predicted octanol–water partition coefficient (Wildman–Crippen LogP) is 4.01. The van der Waals surface area contributed by atoms with Gasteiger partial charge in [0.25, 0.3) is 0 Å². The smallest absolute Gasteiger partial charge is 0.486 e. The van der Waals surface area contributed by atoms with Crippen LogP contribution in [0.5, 0.6) is 5.75 Å². The third kappa shape index (κ3) is 6.67. The first kappa shape index (κ1) is 24.5. The second kappa shape index (κ2) is 10.6. The third-order valence-electron chi connectivity index (χ3n) is 4.54. The van der Waals surface area contributed by atoms with Crippen LogP contribution in [0.1, 0.15) is 17.0 Å². The highest BCUT2D eigenvalue weighted by Gasteiger charge is 2.38. The molecule has 2 aromatic heterocycles. The molecule has 0 radical (unpaired) electrons. The monoisotopic (exact) mass is 482 g/mol. The average molecular weight is 482 g/mol. The summed E-state index contributed by atoms with van der Waals surface area (Å²) in [6.45, 7) is 1.12. The van der Waals surface area contributed by atoms with Crippen LogP contribution >= 0.6 is 0 Å². The standard InChI is InChI=1S/C19H17FN4O3.C2HF3O2/c20-13-3-5-14(6-4-13)22-19(25)24-9-7-18-16(11-24)17(23-27-18)12-26-15-2-1-8-21-10-15;3-2(4,5)1(6)7/h1-6,8,10H,7,9,11-12H2,(H,22,25);(H,6,7). The van der Waals surface area contributed by atoms with Crippen molar-refractivity contribution in [2.75, 3.05) is 11.9 Å². The van der Waals surface area contributed by atoms with Crippen molar-refractivity contribution in [2.45, 2.75) is 25.7 Å². The number of nitrogens with zero attached hydrogens (tertiary/aromatic N) is 3. The maximum Gasteiger partial charge on any atom is 0.490 e. The number of aromatic nitrogens is 2. The molecule has 3 aromatic rings. The van der Waals surface area contributed by atoms with Gasteiger partial charge in [-0.25, -0.2) is 14.0 Å². The second-order valence-corrected chi connectivity index (χ2v) is 6.92. The van der Waals surface area contributed by atoms with E-state index in [2.05, 4.69) is 15.5 Å². The summed E-state index contributed by atoms with van der Waals surface area (Å²) < 4.78 is 55.8. The Bertz CT molecular complexity index is 1120. The Morgan fingerprint density at radius 1 is 1.21 bits per heavy atom. The predicted molar refractivity (Wildman–Crippen MR) is 108 cm³/mol. The van der Waals surface area contributed by atoms with E-state index in [0.717, 1.165) is 11.3 Å². The van der Waals surface area contributed by atoms with Crippen molar-refractivity contribution < 1.29 is 41.5 Å². The van der Waals surface area contributed by atoms with Crippen LogP contribution in [0.2, 0.25) is 0 Å². The van der Waals surface area contributed by atoms with Crippen molar-refractivity contribution in [3.05, 3.63) is 71.6 Å². The van der Waals surface area contributed by atoms with E-state index in [1.165, 1.54) is 24.3 Å². The quantitative estimate of drug-likeness (QED) is 0.540. The van der Waals surface area contributed by atoms with E-state index >= 15 is 0 Å². The molecule has 0 unspecified atom stereocenters. The number of hydrogen-bond donors (Lipinski definition) is 2. The Morgan fingerprint density at radius 3 is 2.53 bits per heavy atom. The highest BCUT2D eigenvalue weighted by Crippen LogP contribution is 2.24. The van der Waals surface area contributed by atoms with Gasteiger partial charge in [-0.1, -0.05) is 5.16 Å². The lowest BCUT2D eigenvalue weighted by Gasteiger charge is -2.26. The van der Waals surface area contributed by atoms with Crippen molar-refractivity contribution in [3.8, 4) is 5.75 Å². The summed E-state index contributed by atoms with van der Waals surface area (Å²) in [4.78, 5) is 27.1. The summed E-state index contributed by atoms with van der Waals surface area (Å²) in [5, 5.41) is 14.0. The van der Waals surface area contributed by atoms with Crippen molar-refractivity contribution in [3.63, 3.8) is 0 Å². The molecule has 1 aliphatic rings. The first-order valence-corrected chi connectivity index (χ1v) is 9.74. The van der Waals surface area contributed by atoms with Crippen molar-refractivity contribution in [1.82, 2.24) is 15.0 Å². The molecule has 0 saturated carbocycles. The van der Waals surface area contributed by atoms with Crippen LogP contribution in [0.3, 0.4) is 0 Å². The molecular formula is C21H18F4N4O5. The van der Waals surface area contributed by atoms with Gasteiger partial charge in [0.05, 0.1) is 12.7 Å². The van der Waals surface area contributed by atoms with Gasteiger partial charge in [0, 0.05) is 30.4 Å². The van der Waals surface area contributed by atoms with Gasteiger partial charge in [-0.2, -0.15) is 13.2 Å². The lowest BCUT2D eigenvalue weighted by atomic mass is 10.1. The van der Waals surface area contributed by atoms with Gasteiger partial charge in [0.2, 0.25) is 0 Å². The molecule has 0 atom stereocenters. The fourth-order valence-corrected chi connectivity index (χ4v) is 2.87. The molecule has 3 heterocycles. The number of carbonyl (C=O) groups excluding carboxylic acids is 1. The maximum atomic E-state index is 13.0. The number of aliphatic carboxylic acids is 1. The van der Waals surface area contributed by atoms with Gasteiger partial charge in [-0.15, -0.1) is 0 Å². The molecule has 180 valence electrons. The number of alkyl halides is 3. The summed E-state index contributed by atoms with van der Waals surface area (Å²) in [7, 11) is 0. The summed E-state index contributed by atoms with van der Waals surface area (Å²) in [5.41, 5.74) is 2.06. The Morgan fingerprint density at radius 2 is 1.91 bits per heavy atom. The number of anilines is 1. The molecule has 0 bridgehead atoms. The zero-order chi connectivity index (χ0) is 24.7. The molecule has 34 heavy (non-hydrogen) atoms. The summed E-state index contributed by atoms with van der Waals surface area (Å²) in [5.74, 6) is -1.70. The largest absolute Gasteiger partial charge is 0.490 e. The van der Waals surface area contributed by atoms with Gasteiger partial charge in [0.1, 0.15) is 29.6 Å². The molecule has 1 aromatic carbocycles. The molecule has 0 spiro atoms. The Kier molecular flexibility index (Phi) is 7.66. The number of carbonyl (C=O) groups is 2. The van der Waals surface area contributed by atoms with Crippen LogP contribution < -0.4 is 10.1 Å². The number of fused-ring (bicyclic) bond motifs is 1. The van der Waals surface area contributed by atoms with E-state index in [1.807, 2.05) is 6.07 Å². The van der Waals surface area contributed by atoms with Crippen LogP contribution in [0.4, 0.5) is 28.0 Å². The highest BCUT2D eigenvalue weighted by molar-refractivity contribution is 5.89. The number of pyridine rings is 1. The molecule has 4 rings (SSSR count).